The van der Waals surface area contributed by atoms with Gasteiger partial charge in [0.25, 0.3) is 5.91 Å². The third-order valence-electron chi connectivity index (χ3n) is 2.86. The number of phenols is 1. The highest BCUT2D eigenvalue weighted by molar-refractivity contribution is 6.31. The van der Waals surface area contributed by atoms with Gasteiger partial charge in [0.2, 0.25) is 0 Å². The van der Waals surface area contributed by atoms with Crippen molar-refractivity contribution in [3.8, 4) is 17.2 Å². The molecule has 0 spiro atoms. The minimum atomic E-state index is -0.488. The van der Waals surface area contributed by atoms with Crippen LogP contribution in [-0.4, -0.2) is 25.2 Å². The fraction of sp³-hybridized carbons (Fsp3) is 0.133. The quantitative estimate of drug-likeness (QED) is 0.909. The summed E-state index contributed by atoms with van der Waals surface area (Å²) in [6.45, 7) is 0. The topological polar surface area (TPSA) is 67.8 Å². The zero-order valence-corrected chi connectivity index (χ0v) is 12.3. The maximum absolute atomic E-state index is 12.2. The smallest absolute Gasteiger partial charge is 0.259 e. The molecule has 2 N–H and O–H groups in total. The van der Waals surface area contributed by atoms with E-state index in [9.17, 15) is 9.90 Å². The summed E-state index contributed by atoms with van der Waals surface area (Å²) in [5.74, 6) is 0.419. The summed E-state index contributed by atoms with van der Waals surface area (Å²) in [6, 6.07) is 9.24. The highest BCUT2D eigenvalue weighted by Gasteiger charge is 2.14. The number of halogens is 1. The summed E-state index contributed by atoms with van der Waals surface area (Å²) < 4.78 is 10.3. The van der Waals surface area contributed by atoms with Crippen molar-refractivity contribution in [2.24, 2.45) is 0 Å². The number of amides is 1. The number of hydrogen-bond acceptors (Lipinski definition) is 4. The maximum atomic E-state index is 12.2. The van der Waals surface area contributed by atoms with E-state index in [4.69, 9.17) is 21.1 Å². The molecule has 0 fully saturated rings. The molecule has 5 nitrogen and oxygen atoms in total. The zero-order valence-electron chi connectivity index (χ0n) is 11.5. The van der Waals surface area contributed by atoms with Gasteiger partial charge in [-0.3, -0.25) is 4.79 Å². The number of carbonyl (C=O) groups is 1. The minimum absolute atomic E-state index is 0.0837. The lowest BCUT2D eigenvalue weighted by molar-refractivity contribution is 0.102. The van der Waals surface area contributed by atoms with Gasteiger partial charge in [0.15, 0.2) is 0 Å². The van der Waals surface area contributed by atoms with Gasteiger partial charge in [-0.1, -0.05) is 11.6 Å². The van der Waals surface area contributed by atoms with Gasteiger partial charge in [0.1, 0.15) is 17.2 Å². The summed E-state index contributed by atoms with van der Waals surface area (Å²) in [7, 11) is 3.03. The number of nitrogens with one attached hydrogen (secondary N) is 1. The highest BCUT2D eigenvalue weighted by Crippen LogP contribution is 2.30. The molecule has 2 aromatic carbocycles. The lowest BCUT2D eigenvalue weighted by Gasteiger charge is -2.12. The summed E-state index contributed by atoms with van der Waals surface area (Å²) in [4.78, 5) is 12.2. The van der Waals surface area contributed by atoms with Crippen molar-refractivity contribution in [3.05, 3.63) is 47.0 Å². The van der Waals surface area contributed by atoms with E-state index in [1.54, 1.807) is 18.2 Å². The van der Waals surface area contributed by atoms with Gasteiger partial charge in [0, 0.05) is 11.1 Å². The van der Waals surface area contributed by atoms with Crippen LogP contribution in [0.2, 0.25) is 5.02 Å². The second-order valence-electron chi connectivity index (χ2n) is 4.18. The van der Waals surface area contributed by atoms with Crippen LogP contribution in [0.1, 0.15) is 10.4 Å². The third kappa shape index (κ3) is 3.38. The Bertz CT molecular complexity index is 673. The van der Waals surface area contributed by atoms with Crippen molar-refractivity contribution in [2.75, 3.05) is 19.5 Å². The van der Waals surface area contributed by atoms with Crippen molar-refractivity contribution in [2.45, 2.75) is 0 Å². The standard InChI is InChI=1S/C15H14ClNO4/c1-20-10-4-5-12(14(8-10)21-2)17-15(19)11-7-9(16)3-6-13(11)18/h3-8,18H,1-2H3,(H,17,19). The Morgan fingerprint density at radius 1 is 1.14 bits per heavy atom. The number of carbonyl (C=O) groups excluding carboxylic acids is 1. The predicted octanol–water partition coefficient (Wildman–Crippen LogP) is 3.32. The van der Waals surface area contributed by atoms with Gasteiger partial charge in [0.05, 0.1) is 25.5 Å². The summed E-state index contributed by atoms with van der Waals surface area (Å²) in [5, 5.41) is 12.7. The van der Waals surface area contributed by atoms with Gasteiger partial charge >= 0.3 is 0 Å². The number of ether oxygens (including phenoxy) is 2. The van der Waals surface area contributed by atoms with E-state index in [-0.39, 0.29) is 11.3 Å². The maximum Gasteiger partial charge on any atom is 0.259 e. The molecule has 1 amide bonds. The van der Waals surface area contributed by atoms with Crippen LogP contribution in [0.4, 0.5) is 5.69 Å². The van der Waals surface area contributed by atoms with Crippen LogP contribution in [0.5, 0.6) is 17.2 Å². The van der Waals surface area contributed by atoms with Crippen molar-refractivity contribution < 1.29 is 19.4 Å². The van der Waals surface area contributed by atoms with Crippen molar-refractivity contribution >= 4 is 23.2 Å². The molecule has 6 heteroatoms. The average Bonchev–Trinajstić information content (AvgIpc) is 2.49. The molecule has 0 bridgehead atoms. The van der Waals surface area contributed by atoms with Crippen LogP contribution in [0.3, 0.4) is 0 Å². The number of hydrogen-bond donors (Lipinski definition) is 2. The Morgan fingerprint density at radius 2 is 1.90 bits per heavy atom. The largest absolute Gasteiger partial charge is 0.507 e. The van der Waals surface area contributed by atoms with E-state index in [1.165, 1.54) is 32.4 Å². The van der Waals surface area contributed by atoms with Crippen molar-refractivity contribution in [1.29, 1.82) is 0 Å². The molecule has 0 radical (unpaired) electrons. The fourth-order valence-electron chi connectivity index (χ4n) is 1.78. The number of aromatic hydroxyl groups is 1. The SMILES string of the molecule is COc1ccc(NC(=O)c2cc(Cl)ccc2O)c(OC)c1. The summed E-state index contributed by atoms with van der Waals surface area (Å²) in [6.07, 6.45) is 0. The zero-order chi connectivity index (χ0) is 15.4. The molecule has 0 atom stereocenters. The molecule has 0 aromatic heterocycles. The molecule has 0 aliphatic rings. The van der Waals surface area contributed by atoms with E-state index < -0.39 is 5.91 Å². The third-order valence-corrected chi connectivity index (χ3v) is 3.10. The predicted molar refractivity (Wildman–Crippen MR) is 80.6 cm³/mol. The lowest BCUT2D eigenvalue weighted by Crippen LogP contribution is -2.13. The van der Waals surface area contributed by atoms with Crippen LogP contribution in [-0.2, 0) is 0 Å². The van der Waals surface area contributed by atoms with Crippen LogP contribution >= 0.6 is 11.6 Å². The number of rotatable bonds is 4. The fourth-order valence-corrected chi connectivity index (χ4v) is 1.95. The molecule has 0 saturated carbocycles. The Hall–Kier alpha value is -2.40. The van der Waals surface area contributed by atoms with Crippen LogP contribution in [0.25, 0.3) is 0 Å². The van der Waals surface area contributed by atoms with E-state index in [0.717, 1.165) is 0 Å². The van der Waals surface area contributed by atoms with Crippen LogP contribution in [0.15, 0.2) is 36.4 Å². The first-order valence-corrected chi connectivity index (χ1v) is 6.45. The number of phenolic OH excluding ortho intramolecular Hbond substituents is 1. The molecule has 0 aliphatic heterocycles. The lowest BCUT2D eigenvalue weighted by atomic mass is 10.1. The molecule has 2 aromatic rings. The molecule has 110 valence electrons. The van der Waals surface area contributed by atoms with Gasteiger partial charge in [-0.25, -0.2) is 0 Å². The Morgan fingerprint density at radius 3 is 2.57 bits per heavy atom. The normalized spacial score (nSPS) is 10.0. The molecular weight excluding hydrogens is 294 g/mol. The van der Waals surface area contributed by atoms with Crippen molar-refractivity contribution in [3.63, 3.8) is 0 Å². The molecular formula is C15H14ClNO4. The van der Waals surface area contributed by atoms with Gasteiger partial charge < -0.3 is 19.9 Å². The monoisotopic (exact) mass is 307 g/mol. The summed E-state index contributed by atoms with van der Waals surface area (Å²) in [5.41, 5.74) is 0.544. The molecule has 2 rings (SSSR count). The van der Waals surface area contributed by atoms with Gasteiger partial charge in [-0.15, -0.1) is 0 Å². The first kappa shape index (κ1) is 15.0. The molecule has 21 heavy (non-hydrogen) atoms. The highest BCUT2D eigenvalue weighted by atomic mass is 35.5. The summed E-state index contributed by atoms with van der Waals surface area (Å²) >= 11 is 5.83. The van der Waals surface area contributed by atoms with E-state index >= 15 is 0 Å². The van der Waals surface area contributed by atoms with Crippen LogP contribution in [0, 0.1) is 0 Å². The van der Waals surface area contributed by atoms with Crippen LogP contribution < -0.4 is 14.8 Å². The molecule has 0 unspecified atom stereocenters. The number of anilines is 1. The Labute approximate surface area is 127 Å². The van der Waals surface area contributed by atoms with Gasteiger partial charge in [-0.05, 0) is 30.3 Å². The Kier molecular flexibility index (Phi) is 4.55. The average molecular weight is 308 g/mol. The second kappa shape index (κ2) is 6.37. The first-order valence-electron chi connectivity index (χ1n) is 6.07. The van der Waals surface area contributed by atoms with E-state index in [0.29, 0.717) is 22.2 Å². The molecule has 0 heterocycles. The van der Waals surface area contributed by atoms with Crippen molar-refractivity contribution in [1.82, 2.24) is 0 Å². The molecule has 0 saturated heterocycles. The molecule has 0 aliphatic carbocycles. The second-order valence-corrected chi connectivity index (χ2v) is 4.62. The van der Waals surface area contributed by atoms with Gasteiger partial charge in [-0.2, -0.15) is 0 Å². The Balaban J connectivity index is 2.29. The first-order chi connectivity index (χ1) is 10.0. The number of benzene rings is 2. The number of methoxy groups -OCH3 is 2. The van der Waals surface area contributed by atoms with E-state index in [1.807, 2.05) is 0 Å². The van der Waals surface area contributed by atoms with E-state index in [2.05, 4.69) is 5.32 Å². The minimum Gasteiger partial charge on any atom is -0.507 e.